The van der Waals surface area contributed by atoms with Crippen LogP contribution in [0.15, 0.2) is 42.6 Å². The average Bonchev–Trinajstić information content (AvgIpc) is 3.23. The Morgan fingerprint density at radius 2 is 2.04 bits per heavy atom. The molecule has 1 unspecified atom stereocenters. The van der Waals surface area contributed by atoms with Gasteiger partial charge in [-0.3, -0.25) is 9.59 Å². The van der Waals surface area contributed by atoms with Crippen molar-refractivity contribution in [2.45, 2.75) is 25.3 Å². The Bertz CT molecular complexity index is 769. The number of amides is 2. The molecule has 2 aromatic rings. The topological polar surface area (TPSA) is 77.6 Å². The van der Waals surface area contributed by atoms with Crippen molar-refractivity contribution in [1.29, 1.82) is 0 Å². The molecular weight excluding hydrogens is 318 g/mol. The molecule has 132 valence electrons. The van der Waals surface area contributed by atoms with E-state index in [1.54, 1.807) is 24.3 Å². The Morgan fingerprint density at radius 1 is 1.24 bits per heavy atom. The second-order valence-corrected chi connectivity index (χ2v) is 6.25. The van der Waals surface area contributed by atoms with Gasteiger partial charge in [0.2, 0.25) is 5.91 Å². The highest BCUT2D eigenvalue weighted by Gasteiger charge is 2.30. The van der Waals surface area contributed by atoms with Gasteiger partial charge < -0.3 is 19.9 Å². The lowest BCUT2D eigenvalue weighted by Gasteiger charge is -2.25. The van der Waals surface area contributed by atoms with Gasteiger partial charge in [0.25, 0.3) is 5.91 Å². The fourth-order valence-corrected chi connectivity index (χ4v) is 3.38. The highest BCUT2D eigenvalue weighted by molar-refractivity contribution is 5.95. The molecule has 2 heterocycles. The Hall–Kier alpha value is -2.76. The zero-order chi connectivity index (χ0) is 17.8. The monoisotopic (exact) mass is 341 g/mol. The van der Waals surface area contributed by atoms with Gasteiger partial charge in [-0.15, -0.1) is 0 Å². The molecular formula is C19H23N3O3. The number of nitrogens with two attached hydrogens (primary N) is 1. The van der Waals surface area contributed by atoms with Crippen LogP contribution in [-0.4, -0.2) is 34.4 Å². The number of carbonyl (C=O) groups excluding carboxylic acids is 2. The first-order valence-corrected chi connectivity index (χ1v) is 8.50. The fraction of sp³-hybridized carbons (Fsp3) is 0.368. The number of hydrogen-bond acceptors (Lipinski definition) is 3. The average molecular weight is 341 g/mol. The lowest BCUT2D eigenvalue weighted by Crippen LogP contribution is -2.32. The van der Waals surface area contributed by atoms with Gasteiger partial charge in [-0.25, -0.2) is 0 Å². The minimum Gasteiger partial charge on any atom is -0.492 e. The number of likely N-dealkylation sites (tertiary alicyclic amines) is 1. The van der Waals surface area contributed by atoms with Crippen molar-refractivity contribution in [2.24, 2.45) is 12.8 Å². The quantitative estimate of drug-likeness (QED) is 0.875. The largest absolute Gasteiger partial charge is 0.492 e. The molecule has 0 radical (unpaired) electrons. The summed E-state index contributed by atoms with van der Waals surface area (Å²) in [6, 6.07) is 11.0. The molecule has 0 saturated carbocycles. The van der Waals surface area contributed by atoms with Gasteiger partial charge in [0.15, 0.2) is 0 Å². The van der Waals surface area contributed by atoms with Crippen molar-refractivity contribution < 1.29 is 14.3 Å². The van der Waals surface area contributed by atoms with E-state index in [0.29, 0.717) is 11.3 Å². The third-order valence-corrected chi connectivity index (χ3v) is 4.62. The van der Waals surface area contributed by atoms with E-state index >= 15 is 0 Å². The van der Waals surface area contributed by atoms with Crippen molar-refractivity contribution >= 4 is 11.8 Å². The lowest BCUT2D eigenvalue weighted by atomic mass is 10.1. The predicted molar refractivity (Wildman–Crippen MR) is 94.2 cm³/mol. The van der Waals surface area contributed by atoms with Crippen molar-refractivity contribution in [3.05, 3.63) is 53.9 Å². The molecule has 0 aliphatic carbocycles. The minimum absolute atomic E-state index is 0.0697. The highest BCUT2D eigenvalue weighted by Crippen LogP contribution is 2.32. The molecule has 0 bridgehead atoms. The second kappa shape index (κ2) is 7.42. The number of benzene rings is 1. The summed E-state index contributed by atoms with van der Waals surface area (Å²) in [5.74, 6) is -0.0475. The van der Waals surface area contributed by atoms with Crippen LogP contribution in [-0.2, 0) is 11.8 Å². The van der Waals surface area contributed by atoms with Crippen LogP contribution in [0.1, 0.15) is 41.4 Å². The van der Waals surface area contributed by atoms with Gasteiger partial charge in [-0.1, -0.05) is 12.1 Å². The van der Waals surface area contributed by atoms with E-state index in [2.05, 4.69) is 10.6 Å². The summed E-state index contributed by atoms with van der Waals surface area (Å²) in [5, 5.41) is 0. The van der Waals surface area contributed by atoms with E-state index in [0.717, 1.165) is 25.1 Å². The van der Waals surface area contributed by atoms with Crippen molar-refractivity contribution in [3.8, 4) is 5.75 Å². The molecule has 0 spiro atoms. The van der Waals surface area contributed by atoms with E-state index in [4.69, 9.17) is 10.5 Å². The molecule has 1 aromatic carbocycles. The van der Waals surface area contributed by atoms with E-state index in [1.807, 2.05) is 24.2 Å². The van der Waals surface area contributed by atoms with Crippen LogP contribution >= 0.6 is 0 Å². The SMILES string of the molecule is Cn1cccc1C1CCCN1C(=O)CCOc1ccccc1C(N)=O. The van der Waals surface area contributed by atoms with Gasteiger partial charge in [0.05, 0.1) is 24.6 Å². The number of aryl methyl sites for hydroxylation is 1. The number of ether oxygens (including phenoxy) is 1. The molecule has 1 aromatic heterocycles. The summed E-state index contributed by atoms with van der Waals surface area (Å²) in [6.45, 7) is 0.992. The maximum absolute atomic E-state index is 12.6. The Morgan fingerprint density at radius 3 is 2.76 bits per heavy atom. The summed E-state index contributed by atoms with van der Waals surface area (Å²) in [4.78, 5) is 25.9. The molecule has 3 rings (SSSR count). The summed E-state index contributed by atoms with van der Waals surface area (Å²) in [6.07, 6.45) is 4.26. The smallest absolute Gasteiger partial charge is 0.252 e. The normalized spacial score (nSPS) is 16.8. The van der Waals surface area contributed by atoms with Crippen LogP contribution in [0, 0.1) is 0 Å². The minimum atomic E-state index is -0.537. The number of primary amides is 1. The van der Waals surface area contributed by atoms with Gasteiger partial charge in [-0.2, -0.15) is 0 Å². The van der Waals surface area contributed by atoms with E-state index in [-0.39, 0.29) is 25.0 Å². The lowest BCUT2D eigenvalue weighted by molar-refractivity contribution is -0.132. The Labute approximate surface area is 147 Å². The number of carbonyl (C=O) groups is 2. The van der Waals surface area contributed by atoms with Gasteiger partial charge in [0, 0.05) is 25.5 Å². The van der Waals surface area contributed by atoms with Crippen LogP contribution in [0.4, 0.5) is 0 Å². The summed E-state index contributed by atoms with van der Waals surface area (Å²) in [7, 11) is 2.00. The van der Waals surface area contributed by atoms with Crippen LogP contribution in [0.3, 0.4) is 0 Å². The van der Waals surface area contributed by atoms with E-state index in [9.17, 15) is 9.59 Å². The number of hydrogen-bond donors (Lipinski definition) is 1. The van der Waals surface area contributed by atoms with Gasteiger partial charge in [-0.05, 0) is 37.1 Å². The van der Waals surface area contributed by atoms with Gasteiger partial charge >= 0.3 is 0 Å². The maximum Gasteiger partial charge on any atom is 0.252 e. The molecule has 6 heteroatoms. The molecule has 1 atom stereocenters. The van der Waals surface area contributed by atoms with Crippen LogP contribution in [0.2, 0.25) is 0 Å². The number of para-hydroxylation sites is 1. The number of nitrogens with zero attached hydrogens (tertiary/aromatic N) is 2. The van der Waals surface area contributed by atoms with Crippen molar-refractivity contribution in [1.82, 2.24) is 9.47 Å². The summed E-state index contributed by atoms with van der Waals surface area (Å²) >= 11 is 0. The van der Waals surface area contributed by atoms with Gasteiger partial charge in [0.1, 0.15) is 5.75 Å². The molecule has 1 saturated heterocycles. The molecule has 1 aliphatic rings. The first-order valence-electron chi connectivity index (χ1n) is 8.50. The standard InChI is InChI=1S/C19H23N3O3/c1-21-11-4-7-15(21)16-8-5-12-22(16)18(23)10-13-25-17-9-3-2-6-14(17)19(20)24/h2-4,6-7,9,11,16H,5,8,10,12-13H2,1H3,(H2,20,24). The van der Waals surface area contributed by atoms with Crippen LogP contribution < -0.4 is 10.5 Å². The fourth-order valence-electron chi connectivity index (χ4n) is 3.38. The van der Waals surface area contributed by atoms with E-state index < -0.39 is 5.91 Å². The van der Waals surface area contributed by atoms with E-state index in [1.165, 1.54) is 0 Å². The first-order chi connectivity index (χ1) is 12.1. The molecule has 2 N–H and O–H groups in total. The maximum atomic E-state index is 12.6. The van der Waals surface area contributed by atoms with Crippen LogP contribution in [0.25, 0.3) is 0 Å². The van der Waals surface area contributed by atoms with Crippen LogP contribution in [0.5, 0.6) is 5.75 Å². The first kappa shape index (κ1) is 17.1. The number of aromatic nitrogens is 1. The zero-order valence-electron chi connectivity index (χ0n) is 14.4. The highest BCUT2D eigenvalue weighted by atomic mass is 16.5. The summed E-state index contributed by atoms with van der Waals surface area (Å²) < 4.78 is 7.69. The van der Waals surface area contributed by atoms with Crippen molar-refractivity contribution in [3.63, 3.8) is 0 Å². The third-order valence-electron chi connectivity index (χ3n) is 4.62. The second-order valence-electron chi connectivity index (χ2n) is 6.25. The van der Waals surface area contributed by atoms with Crippen molar-refractivity contribution in [2.75, 3.05) is 13.2 Å². The zero-order valence-corrected chi connectivity index (χ0v) is 14.4. The molecule has 2 amide bonds. The Kier molecular flexibility index (Phi) is 5.07. The Balaban J connectivity index is 1.60. The molecule has 6 nitrogen and oxygen atoms in total. The number of rotatable bonds is 6. The molecule has 1 fully saturated rings. The predicted octanol–water partition coefficient (Wildman–Crippen LogP) is 2.26. The summed E-state index contributed by atoms with van der Waals surface area (Å²) in [5.41, 5.74) is 6.83. The molecule has 25 heavy (non-hydrogen) atoms. The third kappa shape index (κ3) is 3.68. The molecule has 1 aliphatic heterocycles.